The number of rotatable bonds is 2. The molecule has 1 atom stereocenters. The molecule has 4 rings (SSSR count). The Morgan fingerprint density at radius 3 is 2.75 bits per heavy atom. The van der Waals surface area contributed by atoms with Crippen LogP contribution >= 0.6 is 0 Å². The molecule has 7 nitrogen and oxygen atoms in total. The largest absolute Gasteiger partial charge is 0.391 e. The molecule has 1 aliphatic rings. The van der Waals surface area contributed by atoms with E-state index in [0.29, 0.717) is 12.2 Å². The molecule has 1 saturated heterocycles. The number of aliphatic hydroxyl groups is 1. The van der Waals surface area contributed by atoms with Crippen LogP contribution in [0.15, 0.2) is 16.7 Å². The van der Waals surface area contributed by atoms with Crippen LogP contribution in [0.4, 0.5) is 5.82 Å². The van der Waals surface area contributed by atoms with Crippen molar-refractivity contribution in [3.63, 3.8) is 0 Å². The van der Waals surface area contributed by atoms with Gasteiger partial charge < -0.3 is 14.5 Å². The molecule has 1 aliphatic heterocycles. The maximum atomic E-state index is 10.0. The number of aliphatic hydroxyl groups excluding tert-OH is 1. The van der Waals surface area contributed by atoms with Gasteiger partial charge in [0.25, 0.3) is 0 Å². The second-order valence-corrected chi connectivity index (χ2v) is 6.51. The predicted octanol–water partition coefficient (Wildman–Crippen LogP) is 2.27. The van der Waals surface area contributed by atoms with Crippen LogP contribution < -0.4 is 4.90 Å². The Hall–Kier alpha value is -2.41. The summed E-state index contributed by atoms with van der Waals surface area (Å²) in [6.07, 6.45) is 1.53. The molecule has 4 heterocycles. The van der Waals surface area contributed by atoms with Crippen LogP contribution in [0.1, 0.15) is 29.9 Å². The zero-order valence-electron chi connectivity index (χ0n) is 14.2. The highest BCUT2D eigenvalue weighted by Gasteiger charge is 2.24. The second-order valence-electron chi connectivity index (χ2n) is 6.51. The van der Waals surface area contributed by atoms with Gasteiger partial charge in [0.2, 0.25) is 0 Å². The van der Waals surface area contributed by atoms with Crippen molar-refractivity contribution in [2.75, 3.05) is 18.0 Å². The normalized spacial score (nSPS) is 18.5. The molecule has 3 aromatic rings. The average molecular weight is 327 g/mol. The molecule has 0 spiro atoms. The Labute approximate surface area is 139 Å². The van der Waals surface area contributed by atoms with Gasteiger partial charge in [0, 0.05) is 36.5 Å². The molecular formula is C17H21N5O2. The van der Waals surface area contributed by atoms with E-state index in [9.17, 15) is 5.11 Å². The average Bonchev–Trinajstić information content (AvgIpc) is 3.14. The Kier molecular flexibility index (Phi) is 3.53. The molecule has 0 aliphatic carbocycles. The molecule has 0 saturated carbocycles. The van der Waals surface area contributed by atoms with Crippen LogP contribution in [0, 0.1) is 20.8 Å². The van der Waals surface area contributed by atoms with Crippen molar-refractivity contribution >= 4 is 11.5 Å². The molecule has 0 radical (unpaired) electrons. The molecule has 0 aromatic carbocycles. The standard InChI is InChI=1S/C17H21N5O2/c1-10-7-15(20-24-10)14-8-16-18-12(3)11(2)17(22(16)19-14)21-6-4-5-13(23)9-21/h7-8,13,23H,4-6,9H2,1-3H3. The summed E-state index contributed by atoms with van der Waals surface area (Å²) < 4.78 is 7.02. The smallest absolute Gasteiger partial charge is 0.158 e. The van der Waals surface area contributed by atoms with Gasteiger partial charge in [-0.3, -0.25) is 0 Å². The van der Waals surface area contributed by atoms with Crippen molar-refractivity contribution < 1.29 is 9.63 Å². The molecule has 0 bridgehead atoms. The van der Waals surface area contributed by atoms with Crippen molar-refractivity contribution in [1.82, 2.24) is 19.8 Å². The van der Waals surface area contributed by atoms with Crippen LogP contribution in [-0.2, 0) is 0 Å². The fraction of sp³-hybridized carbons (Fsp3) is 0.471. The van der Waals surface area contributed by atoms with E-state index in [1.54, 1.807) is 0 Å². The zero-order valence-corrected chi connectivity index (χ0v) is 14.2. The number of fused-ring (bicyclic) bond motifs is 1. The monoisotopic (exact) mass is 327 g/mol. The maximum absolute atomic E-state index is 10.0. The van der Waals surface area contributed by atoms with Gasteiger partial charge in [-0.2, -0.15) is 9.61 Å². The summed E-state index contributed by atoms with van der Waals surface area (Å²) in [5.41, 5.74) is 4.29. The van der Waals surface area contributed by atoms with Gasteiger partial charge in [-0.15, -0.1) is 0 Å². The van der Waals surface area contributed by atoms with Crippen molar-refractivity contribution in [3.8, 4) is 11.4 Å². The van der Waals surface area contributed by atoms with E-state index in [1.165, 1.54) is 0 Å². The van der Waals surface area contributed by atoms with Crippen molar-refractivity contribution in [3.05, 3.63) is 29.2 Å². The topological polar surface area (TPSA) is 79.7 Å². The first-order valence-corrected chi connectivity index (χ1v) is 8.26. The minimum absolute atomic E-state index is 0.296. The summed E-state index contributed by atoms with van der Waals surface area (Å²) in [5.74, 6) is 1.75. The van der Waals surface area contributed by atoms with E-state index >= 15 is 0 Å². The van der Waals surface area contributed by atoms with Gasteiger partial charge in [-0.1, -0.05) is 5.16 Å². The molecule has 0 amide bonds. The van der Waals surface area contributed by atoms with E-state index in [4.69, 9.17) is 9.62 Å². The van der Waals surface area contributed by atoms with E-state index in [-0.39, 0.29) is 6.10 Å². The minimum atomic E-state index is -0.296. The minimum Gasteiger partial charge on any atom is -0.391 e. The van der Waals surface area contributed by atoms with Gasteiger partial charge in [0.1, 0.15) is 23.0 Å². The number of nitrogens with zero attached hydrogens (tertiary/aromatic N) is 5. The summed E-state index contributed by atoms with van der Waals surface area (Å²) in [6, 6.07) is 3.79. The van der Waals surface area contributed by atoms with Crippen LogP contribution in [0.5, 0.6) is 0 Å². The predicted molar refractivity (Wildman–Crippen MR) is 90.1 cm³/mol. The van der Waals surface area contributed by atoms with Crippen molar-refractivity contribution in [2.24, 2.45) is 0 Å². The van der Waals surface area contributed by atoms with Crippen LogP contribution in [0.3, 0.4) is 0 Å². The van der Waals surface area contributed by atoms with Crippen LogP contribution in [0.25, 0.3) is 17.0 Å². The van der Waals surface area contributed by atoms with E-state index < -0.39 is 0 Å². The highest BCUT2D eigenvalue weighted by Crippen LogP contribution is 2.28. The number of aromatic nitrogens is 4. The number of hydrogen-bond acceptors (Lipinski definition) is 6. The lowest BCUT2D eigenvalue weighted by Gasteiger charge is -2.33. The van der Waals surface area contributed by atoms with E-state index in [0.717, 1.165) is 53.6 Å². The highest BCUT2D eigenvalue weighted by molar-refractivity contribution is 5.65. The molecule has 7 heteroatoms. The van der Waals surface area contributed by atoms with Crippen LogP contribution in [0.2, 0.25) is 0 Å². The second kappa shape index (κ2) is 5.59. The summed E-state index contributed by atoms with van der Waals surface area (Å²) in [7, 11) is 0. The first-order valence-electron chi connectivity index (χ1n) is 8.26. The van der Waals surface area contributed by atoms with Gasteiger partial charge in [-0.25, -0.2) is 4.98 Å². The summed E-state index contributed by atoms with van der Waals surface area (Å²) in [6.45, 7) is 7.46. The van der Waals surface area contributed by atoms with Gasteiger partial charge in [0.05, 0.1) is 6.10 Å². The van der Waals surface area contributed by atoms with E-state index in [2.05, 4.69) is 22.0 Å². The fourth-order valence-corrected chi connectivity index (χ4v) is 3.31. The molecular weight excluding hydrogens is 306 g/mol. The summed E-state index contributed by atoms with van der Waals surface area (Å²) >= 11 is 0. The lowest BCUT2D eigenvalue weighted by molar-refractivity contribution is 0.153. The third kappa shape index (κ3) is 2.45. The quantitative estimate of drug-likeness (QED) is 0.778. The van der Waals surface area contributed by atoms with Gasteiger partial charge in [0.15, 0.2) is 5.65 Å². The number of β-amino-alcohol motifs (C(OH)–C–C–N with tert-alkyl or cyclic N) is 1. The Bertz CT molecular complexity index is 898. The molecule has 1 fully saturated rings. The summed E-state index contributed by atoms with van der Waals surface area (Å²) in [5, 5.41) is 18.8. The number of aryl methyl sites for hydroxylation is 2. The Morgan fingerprint density at radius 1 is 1.21 bits per heavy atom. The third-order valence-corrected chi connectivity index (χ3v) is 4.64. The first kappa shape index (κ1) is 15.1. The van der Waals surface area contributed by atoms with Crippen molar-refractivity contribution in [1.29, 1.82) is 0 Å². The summed E-state index contributed by atoms with van der Waals surface area (Å²) in [4.78, 5) is 6.86. The van der Waals surface area contributed by atoms with Crippen molar-refractivity contribution in [2.45, 2.75) is 39.7 Å². The molecule has 24 heavy (non-hydrogen) atoms. The zero-order chi connectivity index (χ0) is 16.8. The Balaban J connectivity index is 1.87. The van der Waals surface area contributed by atoms with E-state index in [1.807, 2.05) is 30.5 Å². The lowest BCUT2D eigenvalue weighted by atomic mass is 10.1. The lowest BCUT2D eigenvalue weighted by Crippen LogP contribution is -2.40. The highest BCUT2D eigenvalue weighted by atomic mass is 16.5. The number of hydrogen-bond donors (Lipinski definition) is 1. The SMILES string of the molecule is Cc1cc(-c2cc3nc(C)c(C)c(N4CCCC(O)C4)n3n2)no1. The first-order chi connectivity index (χ1) is 11.5. The third-order valence-electron chi connectivity index (χ3n) is 4.64. The Morgan fingerprint density at radius 2 is 2.04 bits per heavy atom. The van der Waals surface area contributed by atoms with Gasteiger partial charge >= 0.3 is 0 Å². The molecule has 3 aromatic heterocycles. The fourth-order valence-electron chi connectivity index (χ4n) is 3.31. The number of anilines is 1. The molecule has 1 unspecified atom stereocenters. The molecule has 126 valence electrons. The molecule has 1 N–H and O–H groups in total. The number of piperidine rings is 1. The maximum Gasteiger partial charge on any atom is 0.158 e. The van der Waals surface area contributed by atoms with Gasteiger partial charge in [-0.05, 0) is 33.6 Å². The van der Waals surface area contributed by atoms with Crippen LogP contribution in [-0.4, -0.2) is 44.1 Å².